The minimum absolute atomic E-state index is 0.536. The first-order valence-electron chi connectivity index (χ1n) is 8.86. The number of aryl methyl sites for hydroxylation is 1. The standard InChI is InChI=1S/C17H24N8/c1-2-3-8-25-16(21-22-23-25)13-24-9-6-14(12-24)11-20-17-15(10-18)5-4-7-19-17/h4-5,7,14H,2-3,6,8-9,11-13H2,1H3,(H,19,20)/t14-/m0/s1. The molecule has 0 unspecified atom stereocenters. The van der Waals surface area contributed by atoms with Crippen LogP contribution in [-0.2, 0) is 13.1 Å². The van der Waals surface area contributed by atoms with Crippen molar-refractivity contribution in [2.24, 2.45) is 5.92 Å². The number of nitrogens with zero attached hydrogens (tertiary/aromatic N) is 7. The van der Waals surface area contributed by atoms with Gasteiger partial charge in [-0.2, -0.15) is 5.26 Å². The molecular formula is C17H24N8. The Hall–Kier alpha value is -2.53. The molecule has 0 spiro atoms. The quantitative estimate of drug-likeness (QED) is 0.781. The summed E-state index contributed by atoms with van der Waals surface area (Å²) in [5.41, 5.74) is 0.590. The zero-order chi connectivity index (χ0) is 17.5. The molecule has 8 nitrogen and oxygen atoms in total. The van der Waals surface area contributed by atoms with Crippen molar-refractivity contribution in [3.63, 3.8) is 0 Å². The number of anilines is 1. The Bertz CT molecular complexity index is 719. The van der Waals surface area contributed by atoms with Crippen molar-refractivity contribution in [2.45, 2.75) is 39.3 Å². The maximum atomic E-state index is 9.12. The molecule has 1 aliphatic rings. The third-order valence-electron chi connectivity index (χ3n) is 4.55. The number of likely N-dealkylation sites (tertiary alicyclic amines) is 1. The molecule has 0 amide bonds. The Kier molecular flexibility index (Phi) is 5.90. The number of unbranched alkanes of at least 4 members (excludes halogenated alkanes) is 1. The van der Waals surface area contributed by atoms with E-state index in [1.807, 2.05) is 4.68 Å². The minimum atomic E-state index is 0.536. The number of aromatic nitrogens is 5. The average molecular weight is 340 g/mol. The lowest BCUT2D eigenvalue weighted by molar-refractivity contribution is 0.301. The first kappa shape index (κ1) is 17.3. The van der Waals surface area contributed by atoms with Gasteiger partial charge in [0.15, 0.2) is 5.82 Å². The zero-order valence-electron chi connectivity index (χ0n) is 14.6. The van der Waals surface area contributed by atoms with Crippen LogP contribution in [0.15, 0.2) is 18.3 Å². The van der Waals surface area contributed by atoms with Crippen LogP contribution < -0.4 is 5.32 Å². The number of rotatable bonds is 8. The Labute approximate surface area is 147 Å². The Balaban J connectivity index is 1.49. The van der Waals surface area contributed by atoms with Gasteiger partial charge in [-0.25, -0.2) is 9.67 Å². The van der Waals surface area contributed by atoms with Gasteiger partial charge in [-0.05, 0) is 47.9 Å². The smallest absolute Gasteiger partial charge is 0.165 e. The average Bonchev–Trinajstić information content (AvgIpc) is 3.28. The largest absolute Gasteiger partial charge is 0.369 e. The minimum Gasteiger partial charge on any atom is -0.369 e. The molecule has 8 heteroatoms. The predicted molar refractivity (Wildman–Crippen MR) is 93.6 cm³/mol. The number of nitriles is 1. The predicted octanol–water partition coefficient (Wildman–Crippen LogP) is 1.67. The van der Waals surface area contributed by atoms with E-state index in [0.29, 0.717) is 17.3 Å². The third kappa shape index (κ3) is 4.51. The molecule has 25 heavy (non-hydrogen) atoms. The Morgan fingerprint density at radius 2 is 2.36 bits per heavy atom. The monoisotopic (exact) mass is 340 g/mol. The molecule has 2 aromatic heterocycles. The second-order valence-corrected chi connectivity index (χ2v) is 6.45. The molecule has 1 N–H and O–H groups in total. The van der Waals surface area contributed by atoms with Crippen molar-refractivity contribution in [2.75, 3.05) is 25.0 Å². The molecule has 1 atom stereocenters. The molecule has 1 saturated heterocycles. The fraction of sp³-hybridized carbons (Fsp3) is 0.588. The van der Waals surface area contributed by atoms with Crippen LogP contribution in [0.3, 0.4) is 0 Å². The molecule has 3 heterocycles. The van der Waals surface area contributed by atoms with Crippen LogP contribution >= 0.6 is 0 Å². The maximum absolute atomic E-state index is 9.12. The van der Waals surface area contributed by atoms with E-state index in [2.05, 4.69) is 43.7 Å². The molecule has 0 aromatic carbocycles. The van der Waals surface area contributed by atoms with Crippen molar-refractivity contribution in [1.29, 1.82) is 5.26 Å². The Morgan fingerprint density at radius 1 is 1.44 bits per heavy atom. The van der Waals surface area contributed by atoms with Crippen LogP contribution in [0, 0.1) is 17.2 Å². The van der Waals surface area contributed by atoms with E-state index in [1.54, 1.807) is 18.3 Å². The lowest BCUT2D eigenvalue weighted by Gasteiger charge is -2.16. The molecule has 0 saturated carbocycles. The van der Waals surface area contributed by atoms with Crippen molar-refractivity contribution in [3.8, 4) is 6.07 Å². The summed E-state index contributed by atoms with van der Waals surface area (Å²) in [5, 5.41) is 24.5. The summed E-state index contributed by atoms with van der Waals surface area (Å²) in [6.07, 6.45) is 5.06. The zero-order valence-corrected chi connectivity index (χ0v) is 14.6. The molecule has 0 bridgehead atoms. The lowest BCUT2D eigenvalue weighted by Crippen LogP contribution is -2.25. The second kappa shape index (κ2) is 8.53. The highest BCUT2D eigenvalue weighted by Crippen LogP contribution is 2.19. The molecule has 2 aromatic rings. The van der Waals surface area contributed by atoms with Gasteiger partial charge in [0, 0.05) is 25.8 Å². The van der Waals surface area contributed by atoms with Crippen LogP contribution in [-0.4, -0.2) is 49.7 Å². The van der Waals surface area contributed by atoms with Crippen molar-refractivity contribution in [3.05, 3.63) is 29.7 Å². The number of pyridine rings is 1. The SMILES string of the molecule is CCCCn1nnnc1CN1CC[C@@H](CNc2ncccc2C#N)C1. The van der Waals surface area contributed by atoms with E-state index in [1.165, 1.54) is 0 Å². The fourth-order valence-corrected chi connectivity index (χ4v) is 3.12. The lowest BCUT2D eigenvalue weighted by atomic mass is 10.1. The van der Waals surface area contributed by atoms with Crippen molar-refractivity contribution >= 4 is 5.82 Å². The van der Waals surface area contributed by atoms with Gasteiger partial charge < -0.3 is 5.32 Å². The summed E-state index contributed by atoms with van der Waals surface area (Å²) >= 11 is 0. The van der Waals surface area contributed by atoms with Gasteiger partial charge in [0.1, 0.15) is 11.9 Å². The summed E-state index contributed by atoms with van der Waals surface area (Å²) in [7, 11) is 0. The van der Waals surface area contributed by atoms with Crippen LogP contribution in [0.1, 0.15) is 37.6 Å². The normalized spacial score (nSPS) is 17.5. The van der Waals surface area contributed by atoms with Crippen molar-refractivity contribution < 1.29 is 0 Å². The van der Waals surface area contributed by atoms with Crippen LogP contribution in [0.25, 0.3) is 0 Å². The molecule has 132 valence electrons. The van der Waals surface area contributed by atoms with Gasteiger partial charge >= 0.3 is 0 Å². The summed E-state index contributed by atoms with van der Waals surface area (Å²) in [6.45, 7) is 6.71. The van der Waals surface area contributed by atoms with E-state index in [-0.39, 0.29) is 0 Å². The number of tetrazole rings is 1. The van der Waals surface area contributed by atoms with Gasteiger partial charge in [0.05, 0.1) is 12.1 Å². The number of hydrogen-bond acceptors (Lipinski definition) is 7. The molecule has 3 rings (SSSR count). The summed E-state index contributed by atoms with van der Waals surface area (Å²) < 4.78 is 1.92. The van der Waals surface area contributed by atoms with E-state index in [0.717, 1.165) is 57.8 Å². The summed E-state index contributed by atoms with van der Waals surface area (Å²) in [5.74, 6) is 2.15. The molecule has 0 radical (unpaired) electrons. The van der Waals surface area contributed by atoms with Gasteiger partial charge in [-0.1, -0.05) is 13.3 Å². The van der Waals surface area contributed by atoms with Crippen LogP contribution in [0.4, 0.5) is 5.82 Å². The highest BCUT2D eigenvalue weighted by atomic mass is 15.5. The topological polar surface area (TPSA) is 95.6 Å². The molecule has 1 aliphatic heterocycles. The van der Waals surface area contributed by atoms with Crippen LogP contribution in [0.2, 0.25) is 0 Å². The second-order valence-electron chi connectivity index (χ2n) is 6.45. The fourth-order valence-electron chi connectivity index (χ4n) is 3.12. The van der Waals surface area contributed by atoms with E-state index in [4.69, 9.17) is 5.26 Å². The van der Waals surface area contributed by atoms with E-state index >= 15 is 0 Å². The summed E-state index contributed by atoms with van der Waals surface area (Å²) in [4.78, 5) is 6.65. The number of hydrogen-bond donors (Lipinski definition) is 1. The van der Waals surface area contributed by atoms with Crippen LogP contribution in [0.5, 0.6) is 0 Å². The molecule has 0 aliphatic carbocycles. The number of nitrogens with one attached hydrogen (secondary N) is 1. The first-order valence-corrected chi connectivity index (χ1v) is 8.86. The van der Waals surface area contributed by atoms with E-state index in [9.17, 15) is 0 Å². The van der Waals surface area contributed by atoms with Gasteiger partial charge in [-0.15, -0.1) is 5.10 Å². The van der Waals surface area contributed by atoms with Gasteiger partial charge in [0.25, 0.3) is 0 Å². The van der Waals surface area contributed by atoms with Gasteiger partial charge in [0.2, 0.25) is 0 Å². The molecule has 1 fully saturated rings. The third-order valence-corrected chi connectivity index (χ3v) is 4.55. The maximum Gasteiger partial charge on any atom is 0.165 e. The highest BCUT2D eigenvalue weighted by Gasteiger charge is 2.24. The van der Waals surface area contributed by atoms with Crippen molar-refractivity contribution in [1.82, 2.24) is 30.1 Å². The Morgan fingerprint density at radius 3 is 3.20 bits per heavy atom. The first-order chi connectivity index (χ1) is 12.3. The van der Waals surface area contributed by atoms with E-state index < -0.39 is 0 Å². The summed E-state index contributed by atoms with van der Waals surface area (Å²) in [6, 6.07) is 5.74. The molecular weight excluding hydrogens is 316 g/mol. The highest BCUT2D eigenvalue weighted by molar-refractivity contribution is 5.51. The van der Waals surface area contributed by atoms with Gasteiger partial charge in [-0.3, -0.25) is 4.90 Å².